The van der Waals surface area contributed by atoms with Gasteiger partial charge in [0.1, 0.15) is 5.82 Å². The molecule has 1 rings (SSSR count). The number of anilines is 1. The van der Waals surface area contributed by atoms with Crippen LogP contribution in [0.4, 0.5) is 5.82 Å². The Balaban J connectivity index is 3.08. The maximum absolute atomic E-state index is 10.4. The van der Waals surface area contributed by atoms with E-state index >= 15 is 0 Å². The molecule has 41 valence electrons. The van der Waals surface area contributed by atoms with Gasteiger partial charge in [-0.1, -0.05) is 0 Å². The van der Waals surface area contributed by atoms with E-state index in [0.717, 1.165) is 0 Å². The van der Waals surface area contributed by atoms with Gasteiger partial charge in [0.15, 0.2) is 5.75 Å². The minimum atomic E-state index is -0.0995. The summed E-state index contributed by atoms with van der Waals surface area (Å²) >= 11 is 0. The first-order valence-corrected chi connectivity index (χ1v) is 2.17. The van der Waals surface area contributed by atoms with E-state index in [9.17, 15) is 5.11 Å². The molecule has 0 aliphatic rings. The first kappa shape index (κ1) is 4.90. The van der Waals surface area contributed by atoms with Crippen LogP contribution in [-0.2, 0) is 5.11 Å². The Bertz CT molecular complexity index is 170. The molecular formula is C5H5N2O. The molecule has 0 spiro atoms. The second-order valence-electron chi connectivity index (χ2n) is 1.42. The van der Waals surface area contributed by atoms with Crippen LogP contribution in [0.1, 0.15) is 0 Å². The van der Waals surface area contributed by atoms with Crippen molar-refractivity contribution in [2.75, 3.05) is 5.73 Å². The summed E-state index contributed by atoms with van der Waals surface area (Å²) < 4.78 is 0. The number of aromatic nitrogens is 1. The van der Waals surface area contributed by atoms with Gasteiger partial charge in [0, 0.05) is 18.3 Å². The maximum atomic E-state index is 10.4. The molecular weight excluding hydrogens is 104 g/mol. The predicted molar refractivity (Wildman–Crippen MR) is 28.8 cm³/mol. The Hall–Kier alpha value is -1.25. The highest BCUT2D eigenvalue weighted by molar-refractivity contribution is 5.34. The van der Waals surface area contributed by atoms with Gasteiger partial charge in [-0.2, -0.15) is 0 Å². The summed E-state index contributed by atoms with van der Waals surface area (Å²) in [6.45, 7) is 0. The molecule has 0 fully saturated rings. The largest absolute Gasteiger partial charge is 0.384 e. The summed E-state index contributed by atoms with van der Waals surface area (Å²) in [5.41, 5.74) is 5.15. The fraction of sp³-hybridized carbons (Fsp3) is 0. The predicted octanol–water partition coefficient (Wildman–Crippen LogP) is 0.808. The van der Waals surface area contributed by atoms with Crippen LogP contribution >= 0.6 is 0 Å². The van der Waals surface area contributed by atoms with Crippen LogP contribution in [0.25, 0.3) is 0 Å². The molecule has 2 N–H and O–H groups in total. The summed E-state index contributed by atoms with van der Waals surface area (Å²) in [6.07, 6.45) is 1.39. The quantitative estimate of drug-likeness (QED) is 0.535. The minimum Gasteiger partial charge on any atom is -0.384 e. The molecule has 0 aliphatic heterocycles. The van der Waals surface area contributed by atoms with Crippen molar-refractivity contribution in [3.8, 4) is 5.75 Å². The standard InChI is InChI=1S/C5H5N2O/c6-5-3-4(8)1-2-7-5/h1-3H,(H2,6,7). The van der Waals surface area contributed by atoms with Crippen molar-refractivity contribution in [2.45, 2.75) is 0 Å². The molecule has 8 heavy (non-hydrogen) atoms. The Kier molecular flexibility index (Phi) is 1.04. The van der Waals surface area contributed by atoms with E-state index in [2.05, 4.69) is 4.98 Å². The maximum Gasteiger partial charge on any atom is 0.183 e. The second-order valence-corrected chi connectivity index (χ2v) is 1.42. The molecule has 1 heterocycles. The molecule has 1 aromatic heterocycles. The van der Waals surface area contributed by atoms with Crippen LogP contribution in [0.5, 0.6) is 5.75 Å². The Morgan fingerprint density at radius 1 is 1.62 bits per heavy atom. The van der Waals surface area contributed by atoms with Crippen molar-refractivity contribution in [3.63, 3.8) is 0 Å². The Morgan fingerprint density at radius 2 is 2.38 bits per heavy atom. The molecule has 0 unspecified atom stereocenters. The van der Waals surface area contributed by atoms with Crippen molar-refractivity contribution in [1.82, 2.24) is 4.98 Å². The number of nitrogen functional groups attached to an aromatic ring is 1. The second kappa shape index (κ2) is 1.69. The average molecular weight is 109 g/mol. The molecule has 0 saturated heterocycles. The van der Waals surface area contributed by atoms with Crippen molar-refractivity contribution in [1.29, 1.82) is 0 Å². The number of nitrogens with two attached hydrogens (primary N) is 1. The third-order valence-corrected chi connectivity index (χ3v) is 0.753. The van der Waals surface area contributed by atoms with Crippen LogP contribution in [0.15, 0.2) is 18.3 Å². The fourth-order valence-electron chi connectivity index (χ4n) is 0.428. The third-order valence-electron chi connectivity index (χ3n) is 0.753. The molecule has 3 nitrogen and oxygen atoms in total. The van der Waals surface area contributed by atoms with Gasteiger partial charge in [-0.15, -0.1) is 0 Å². The van der Waals surface area contributed by atoms with E-state index in [1.54, 1.807) is 0 Å². The first-order valence-electron chi connectivity index (χ1n) is 2.17. The number of hydrogen-bond donors (Lipinski definition) is 1. The van der Waals surface area contributed by atoms with E-state index in [0.29, 0.717) is 0 Å². The van der Waals surface area contributed by atoms with Gasteiger partial charge in [-0.05, 0) is 0 Å². The summed E-state index contributed by atoms with van der Waals surface area (Å²) in [4.78, 5) is 3.62. The Labute approximate surface area is 46.8 Å². The van der Waals surface area contributed by atoms with Gasteiger partial charge in [0.2, 0.25) is 0 Å². The number of nitrogens with zero attached hydrogens (tertiary/aromatic N) is 1. The van der Waals surface area contributed by atoms with Crippen molar-refractivity contribution < 1.29 is 5.11 Å². The summed E-state index contributed by atoms with van der Waals surface area (Å²) in [5.74, 6) is 0.176. The lowest BCUT2D eigenvalue weighted by Crippen LogP contribution is -1.85. The topological polar surface area (TPSA) is 58.8 Å². The average Bonchev–Trinajstić information content (AvgIpc) is 1.64. The van der Waals surface area contributed by atoms with Gasteiger partial charge >= 0.3 is 0 Å². The molecule has 0 bridgehead atoms. The first-order chi connectivity index (χ1) is 3.79. The van der Waals surface area contributed by atoms with Crippen LogP contribution in [-0.4, -0.2) is 4.98 Å². The lowest BCUT2D eigenvalue weighted by Gasteiger charge is -1.86. The zero-order chi connectivity index (χ0) is 5.98. The van der Waals surface area contributed by atoms with Crippen molar-refractivity contribution in [2.24, 2.45) is 0 Å². The van der Waals surface area contributed by atoms with Crippen molar-refractivity contribution >= 4 is 5.82 Å². The fourth-order valence-corrected chi connectivity index (χ4v) is 0.428. The third kappa shape index (κ3) is 0.872. The van der Waals surface area contributed by atoms with Crippen molar-refractivity contribution in [3.05, 3.63) is 18.3 Å². The van der Waals surface area contributed by atoms with Crippen LogP contribution in [0.3, 0.4) is 0 Å². The smallest absolute Gasteiger partial charge is 0.183 e. The van der Waals surface area contributed by atoms with Gasteiger partial charge in [-0.25, -0.2) is 4.98 Å². The molecule has 0 aromatic carbocycles. The summed E-state index contributed by atoms with van der Waals surface area (Å²) in [5, 5.41) is 10.4. The lowest BCUT2D eigenvalue weighted by atomic mass is 10.4. The molecule has 1 aromatic rings. The summed E-state index contributed by atoms with van der Waals surface area (Å²) in [6, 6.07) is 2.64. The van der Waals surface area contributed by atoms with Gasteiger partial charge in [-0.3, -0.25) is 5.11 Å². The van der Waals surface area contributed by atoms with E-state index in [-0.39, 0.29) is 11.6 Å². The van der Waals surface area contributed by atoms with E-state index in [4.69, 9.17) is 5.73 Å². The zero-order valence-corrected chi connectivity index (χ0v) is 4.16. The lowest BCUT2D eigenvalue weighted by molar-refractivity contribution is 0.354. The van der Waals surface area contributed by atoms with E-state index < -0.39 is 0 Å². The van der Waals surface area contributed by atoms with E-state index in [1.165, 1.54) is 18.3 Å². The summed E-state index contributed by atoms with van der Waals surface area (Å²) in [7, 11) is 0. The van der Waals surface area contributed by atoms with Crippen LogP contribution in [0, 0.1) is 0 Å². The van der Waals surface area contributed by atoms with Crippen LogP contribution in [0.2, 0.25) is 0 Å². The Morgan fingerprint density at radius 3 is 2.75 bits per heavy atom. The normalized spacial score (nSPS) is 9.00. The molecule has 0 atom stereocenters. The molecule has 0 aliphatic carbocycles. The molecule has 3 heteroatoms. The minimum absolute atomic E-state index is 0.0995. The zero-order valence-electron chi connectivity index (χ0n) is 4.16. The van der Waals surface area contributed by atoms with Gasteiger partial charge in [0.05, 0.1) is 0 Å². The highest BCUT2D eigenvalue weighted by atomic mass is 16.3. The van der Waals surface area contributed by atoms with E-state index in [1.807, 2.05) is 0 Å². The molecule has 0 saturated carbocycles. The number of hydrogen-bond acceptors (Lipinski definition) is 2. The van der Waals surface area contributed by atoms with Crippen LogP contribution < -0.4 is 5.73 Å². The van der Waals surface area contributed by atoms with Gasteiger partial charge in [0.25, 0.3) is 0 Å². The number of pyridine rings is 1. The monoisotopic (exact) mass is 109 g/mol. The SMILES string of the molecule is Nc1cc([O])ccn1. The number of rotatable bonds is 0. The molecule has 1 radical (unpaired) electrons. The highest BCUT2D eigenvalue weighted by Gasteiger charge is 1.87. The van der Waals surface area contributed by atoms with Gasteiger partial charge < -0.3 is 5.73 Å². The molecule has 0 amide bonds. The highest BCUT2D eigenvalue weighted by Crippen LogP contribution is 2.08.